The summed E-state index contributed by atoms with van der Waals surface area (Å²) in [5.41, 5.74) is 10.9. The minimum absolute atomic E-state index is 0.420. The van der Waals surface area contributed by atoms with Crippen LogP contribution in [0.5, 0.6) is 0 Å². The average molecular weight is 306 g/mol. The van der Waals surface area contributed by atoms with Crippen molar-refractivity contribution in [3.63, 3.8) is 0 Å². The molecule has 0 radical (unpaired) electrons. The van der Waals surface area contributed by atoms with Crippen molar-refractivity contribution >= 4 is 40.2 Å². The minimum Gasteiger partial charge on any atom is -0.369 e. The molecule has 5 heteroatoms. The molecule has 0 unspecified atom stereocenters. The van der Waals surface area contributed by atoms with Crippen molar-refractivity contribution < 1.29 is 0 Å². The predicted octanol–water partition coefficient (Wildman–Crippen LogP) is 4.53. The Labute approximate surface area is 126 Å². The summed E-state index contributed by atoms with van der Waals surface area (Å²) in [5, 5.41) is 0.967. The van der Waals surface area contributed by atoms with Gasteiger partial charge in [0.2, 0.25) is 5.95 Å². The van der Waals surface area contributed by atoms with Gasteiger partial charge in [0.05, 0.1) is 21.1 Å². The van der Waals surface area contributed by atoms with E-state index in [0.29, 0.717) is 16.0 Å². The minimum atomic E-state index is 0.420. The number of nitrogens with two attached hydrogens (primary N) is 1. The van der Waals surface area contributed by atoms with Crippen LogP contribution in [-0.4, -0.2) is 9.55 Å². The van der Waals surface area contributed by atoms with Gasteiger partial charge in [0.25, 0.3) is 0 Å². The zero-order valence-electron chi connectivity index (χ0n) is 11.1. The molecule has 1 heterocycles. The third kappa shape index (κ3) is 2.13. The van der Waals surface area contributed by atoms with Crippen LogP contribution in [0.25, 0.3) is 16.7 Å². The van der Waals surface area contributed by atoms with Crippen molar-refractivity contribution in [1.29, 1.82) is 0 Å². The summed E-state index contributed by atoms with van der Waals surface area (Å²) in [5.74, 6) is 0.420. The van der Waals surface area contributed by atoms with E-state index in [1.54, 1.807) is 12.1 Å². The van der Waals surface area contributed by atoms with Gasteiger partial charge in [-0.2, -0.15) is 0 Å². The maximum atomic E-state index is 6.11. The van der Waals surface area contributed by atoms with Crippen LogP contribution >= 0.6 is 23.2 Å². The number of rotatable bonds is 1. The van der Waals surface area contributed by atoms with Crippen molar-refractivity contribution in [2.45, 2.75) is 13.8 Å². The lowest BCUT2D eigenvalue weighted by atomic mass is 10.1. The summed E-state index contributed by atoms with van der Waals surface area (Å²) in [6.07, 6.45) is 0. The van der Waals surface area contributed by atoms with E-state index in [9.17, 15) is 0 Å². The second-order valence-electron chi connectivity index (χ2n) is 4.91. The molecular weight excluding hydrogens is 293 g/mol. The van der Waals surface area contributed by atoms with Crippen LogP contribution in [0.3, 0.4) is 0 Å². The van der Waals surface area contributed by atoms with Crippen LogP contribution in [0, 0.1) is 13.8 Å². The van der Waals surface area contributed by atoms with Gasteiger partial charge in [-0.25, -0.2) is 4.98 Å². The maximum absolute atomic E-state index is 6.11. The van der Waals surface area contributed by atoms with Crippen molar-refractivity contribution in [1.82, 2.24) is 9.55 Å². The molecule has 0 saturated carbocycles. The first-order valence-corrected chi connectivity index (χ1v) is 6.93. The average Bonchev–Trinajstić information content (AvgIpc) is 2.64. The Hall–Kier alpha value is -1.71. The van der Waals surface area contributed by atoms with Crippen LogP contribution in [-0.2, 0) is 0 Å². The number of anilines is 1. The van der Waals surface area contributed by atoms with E-state index in [2.05, 4.69) is 37.0 Å². The fourth-order valence-electron chi connectivity index (χ4n) is 2.44. The number of hydrogen-bond donors (Lipinski definition) is 1. The van der Waals surface area contributed by atoms with Gasteiger partial charge in [-0.3, -0.25) is 4.57 Å². The van der Waals surface area contributed by atoms with E-state index in [1.165, 1.54) is 11.1 Å². The van der Waals surface area contributed by atoms with Crippen molar-refractivity contribution in [2.75, 3.05) is 5.73 Å². The Morgan fingerprint density at radius 2 is 1.55 bits per heavy atom. The zero-order chi connectivity index (χ0) is 14.4. The van der Waals surface area contributed by atoms with Gasteiger partial charge in [-0.05, 0) is 49.2 Å². The van der Waals surface area contributed by atoms with Gasteiger partial charge >= 0.3 is 0 Å². The van der Waals surface area contributed by atoms with Crippen LogP contribution in [0.2, 0.25) is 10.0 Å². The lowest BCUT2D eigenvalue weighted by molar-refractivity contribution is 1.10. The van der Waals surface area contributed by atoms with E-state index in [4.69, 9.17) is 28.9 Å². The van der Waals surface area contributed by atoms with E-state index in [-0.39, 0.29) is 0 Å². The SMILES string of the molecule is Cc1cc(C)cc(-n2c(N)nc3cc(Cl)c(Cl)cc32)c1. The van der Waals surface area contributed by atoms with Gasteiger partial charge in [-0.1, -0.05) is 29.3 Å². The van der Waals surface area contributed by atoms with Gasteiger partial charge in [0.15, 0.2) is 0 Å². The Kier molecular flexibility index (Phi) is 3.11. The molecule has 0 fully saturated rings. The monoisotopic (exact) mass is 305 g/mol. The third-order valence-corrected chi connectivity index (χ3v) is 3.91. The van der Waals surface area contributed by atoms with E-state index < -0.39 is 0 Å². The molecule has 20 heavy (non-hydrogen) atoms. The molecule has 3 nitrogen and oxygen atoms in total. The molecule has 2 N–H and O–H groups in total. The number of halogens is 2. The number of nitrogens with zero attached hydrogens (tertiary/aromatic N) is 2. The Morgan fingerprint density at radius 1 is 0.950 bits per heavy atom. The molecule has 0 atom stereocenters. The van der Waals surface area contributed by atoms with Crippen LogP contribution in [0.15, 0.2) is 30.3 Å². The summed E-state index contributed by atoms with van der Waals surface area (Å²) >= 11 is 12.1. The number of aryl methyl sites for hydroxylation is 2. The van der Waals surface area contributed by atoms with Crippen molar-refractivity contribution in [2.24, 2.45) is 0 Å². The van der Waals surface area contributed by atoms with Crippen molar-refractivity contribution in [3.05, 3.63) is 51.5 Å². The lowest BCUT2D eigenvalue weighted by Crippen LogP contribution is -2.01. The maximum Gasteiger partial charge on any atom is 0.205 e. The number of aromatic nitrogens is 2. The predicted molar refractivity (Wildman–Crippen MR) is 85.0 cm³/mol. The highest BCUT2D eigenvalue weighted by atomic mass is 35.5. The first kappa shape index (κ1) is 13.3. The number of hydrogen-bond acceptors (Lipinski definition) is 2. The second kappa shape index (κ2) is 4.69. The highest BCUT2D eigenvalue weighted by Crippen LogP contribution is 2.31. The fourth-order valence-corrected chi connectivity index (χ4v) is 2.76. The highest BCUT2D eigenvalue weighted by molar-refractivity contribution is 6.42. The van der Waals surface area contributed by atoms with Gasteiger partial charge in [-0.15, -0.1) is 0 Å². The summed E-state index contributed by atoms with van der Waals surface area (Å²) in [6.45, 7) is 4.10. The first-order valence-electron chi connectivity index (χ1n) is 6.17. The van der Waals surface area contributed by atoms with Gasteiger partial charge in [0, 0.05) is 5.69 Å². The lowest BCUT2D eigenvalue weighted by Gasteiger charge is -2.09. The molecule has 0 spiro atoms. The standard InChI is InChI=1S/C15H13Cl2N3/c1-8-3-9(2)5-10(4-8)20-14-7-12(17)11(16)6-13(14)19-15(20)18/h3-7H,1-2H3,(H2,18,19). The molecule has 0 aliphatic carbocycles. The molecular formula is C15H13Cl2N3. The molecule has 2 aromatic carbocycles. The number of fused-ring (bicyclic) bond motifs is 1. The Bertz CT molecular complexity index is 801. The smallest absolute Gasteiger partial charge is 0.205 e. The van der Waals surface area contributed by atoms with Crippen molar-refractivity contribution in [3.8, 4) is 5.69 Å². The molecule has 1 aromatic heterocycles. The topological polar surface area (TPSA) is 43.8 Å². The molecule has 0 aliphatic rings. The molecule has 0 bridgehead atoms. The van der Waals surface area contributed by atoms with E-state index in [1.807, 2.05) is 4.57 Å². The van der Waals surface area contributed by atoms with Gasteiger partial charge < -0.3 is 5.73 Å². The molecule has 3 aromatic rings. The molecule has 102 valence electrons. The normalized spacial score (nSPS) is 11.2. The zero-order valence-corrected chi connectivity index (χ0v) is 12.6. The van der Waals surface area contributed by atoms with Crippen LogP contribution in [0.1, 0.15) is 11.1 Å². The van der Waals surface area contributed by atoms with Crippen LogP contribution < -0.4 is 5.73 Å². The van der Waals surface area contributed by atoms with E-state index >= 15 is 0 Å². The number of benzene rings is 2. The van der Waals surface area contributed by atoms with E-state index in [0.717, 1.165) is 16.7 Å². The fraction of sp³-hybridized carbons (Fsp3) is 0.133. The number of imidazole rings is 1. The largest absolute Gasteiger partial charge is 0.369 e. The number of nitrogen functional groups attached to an aromatic ring is 1. The summed E-state index contributed by atoms with van der Waals surface area (Å²) in [7, 11) is 0. The Morgan fingerprint density at radius 3 is 2.20 bits per heavy atom. The quantitative estimate of drug-likeness (QED) is 0.717. The Balaban J connectivity index is 2.35. The molecule has 3 rings (SSSR count). The third-order valence-electron chi connectivity index (χ3n) is 3.19. The summed E-state index contributed by atoms with van der Waals surface area (Å²) in [6, 6.07) is 9.76. The van der Waals surface area contributed by atoms with Gasteiger partial charge in [0.1, 0.15) is 0 Å². The molecule has 0 amide bonds. The second-order valence-corrected chi connectivity index (χ2v) is 5.72. The first-order chi connectivity index (χ1) is 9.45. The summed E-state index contributed by atoms with van der Waals surface area (Å²) in [4.78, 5) is 4.35. The van der Waals surface area contributed by atoms with Crippen LogP contribution in [0.4, 0.5) is 5.95 Å². The summed E-state index contributed by atoms with van der Waals surface area (Å²) < 4.78 is 1.89. The molecule has 0 aliphatic heterocycles. The highest BCUT2D eigenvalue weighted by Gasteiger charge is 2.13. The molecule has 0 saturated heterocycles.